The number of rotatable bonds is 7. The van der Waals surface area contributed by atoms with E-state index < -0.39 is 12.0 Å². The van der Waals surface area contributed by atoms with Gasteiger partial charge in [-0.2, -0.15) is 0 Å². The first-order chi connectivity index (χ1) is 11.8. The zero-order chi connectivity index (χ0) is 18.7. The number of aromatic nitrogens is 1. The predicted molar refractivity (Wildman–Crippen MR) is 94.7 cm³/mol. The van der Waals surface area contributed by atoms with Gasteiger partial charge in [-0.1, -0.05) is 13.3 Å². The summed E-state index contributed by atoms with van der Waals surface area (Å²) in [6, 6.07) is -0.549. The van der Waals surface area contributed by atoms with E-state index in [2.05, 4.69) is 4.98 Å². The van der Waals surface area contributed by atoms with Gasteiger partial charge in [0.1, 0.15) is 5.69 Å². The van der Waals surface area contributed by atoms with Gasteiger partial charge in [-0.25, -0.2) is 4.79 Å². The third-order valence-electron chi connectivity index (χ3n) is 5.12. The number of aryl methyl sites for hydroxylation is 1. The van der Waals surface area contributed by atoms with Crippen molar-refractivity contribution >= 4 is 17.7 Å². The SMILES string of the molecule is CCCN(C(=O)C1CCC1)C(C)C(=O)c1c(C)[nH]c(C(=O)OC)c1C. The molecule has 1 heterocycles. The number of nitrogens with zero attached hydrogens (tertiary/aromatic N) is 1. The Morgan fingerprint density at radius 2 is 1.92 bits per heavy atom. The Hall–Kier alpha value is -2.11. The molecule has 0 saturated heterocycles. The Kier molecular flexibility index (Phi) is 6.03. The second kappa shape index (κ2) is 7.85. The number of amides is 1. The summed E-state index contributed by atoms with van der Waals surface area (Å²) in [6.07, 6.45) is 3.70. The number of nitrogens with one attached hydrogen (secondary N) is 1. The van der Waals surface area contributed by atoms with Crippen molar-refractivity contribution in [3.63, 3.8) is 0 Å². The fraction of sp³-hybridized carbons (Fsp3) is 0.632. The molecule has 0 aliphatic heterocycles. The van der Waals surface area contributed by atoms with Crippen LogP contribution in [0.3, 0.4) is 0 Å². The predicted octanol–water partition coefficient (Wildman–Crippen LogP) is 3.03. The highest BCUT2D eigenvalue weighted by molar-refractivity contribution is 6.06. The zero-order valence-electron chi connectivity index (χ0n) is 15.8. The van der Waals surface area contributed by atoms with E-state index in [0.29, 0.717) is 29.1 Å². The van der Waals surface area contributed by atoms with E-state index in [0.717, 1.165) is 25.7 Å². The topological polar surface area (TPSA) is 79.5 Å². The van der Waals surface area contributed by atoms with Crippen molar-refractivity contribution in [3.8, 4) is 0 Å². The lowest BCUT2D eigenvalue weighted by molar-refractivity contribution is -0.139. The van der Waals surface area contributed by atoms with Crippen molar-refractivity contribution in [2.24, 2.45) is 5.92 Å². The normalized spacial score (nSPS) is 15.4. The van der Waals surface area contributed by atoms with Gasteiger partial charge in [-0.05, 0) is 45.6 Å². The van der Waals surface area contributed by atoms with Crippen LogP contribution < -0.4 is 0 Å². The Morgan fingerprint density at radius 3 is 2.40 bits per heavy atom. The summed E-state index contributed by atoms with van der Waals surface area (Å²) in [5.41, 5.74) is 1.98. The highest BCUT2D eigenvalue weighted by Crippen LogP contribution is 2.30. The first-order valence-electron chi connectivity index (χ1n) is 8.95. The summed E-state index contributed by atoms with van der Waals surface area (Å²) >= 11 is 0. The molecular weight excluding hydrogens is 320 g/mol. The quantitative estimate of drug-likeness (QED) is 0.607. The highest BCUT2D eigenvalue weighted by atomic mass is 16.5. The molecule has 1 aliphatic carbocycles. The van der Waals surface area contributed by atoms with Gasteiger partial charge in [0, 0.05) is 23.7 Å². The molecule has 1 atom stereocenters. The van der Waals surface area contributed by atoms with Gasteiger partial charge in [0.25, 0.3) is 0 Å². The van der Waals surface area contributed by atoms with Crippen LogP contribution in [0.2, 0.25) is 0 Å². The number of hydrogen-bond acceptors (Lipinski definition) is 4. The molecule has 2 rings (SSSR count). The first-order valence-corrected chi connectivity index (χ1v) is 8.95. The van der Waals surface area contributed by atoms with Crippen molar-refractivity contribution in [3.05, 3.63) is 22.5 Å². The maximum absolute atomic E-state index is 13.1. The van der Waals surface area contributed by atoms with E-state index in [1.54, 1.807) is 25.7 Å². The number of hydrogen-bond donors (Lipinski definition) is 1. The molecule has 1 aromatic heterocycles. The minimum Gasteiger partial charge on any atom is -0.464 e. The smallest absolute Gasteiger partial charge is 0.354 e. The minimum absolute atomic E-state index is 0.0563. The molecule has 1 amide bonds. The lowest BCUT2D eigenvalue weighted by atomic mass is 9.83. The first kappa shape index (κ1) is 19.2. The molecule has 1 aromatic rings. The fourth-order valence-corrected chi connectivity index (χ4v) is 3.40. The summed E-state index contributed by atoms with van der Waals surface area (Å²) in [4.78, 5) is 42.3. The van der Waals surface area contributed by atoms with Gasteiger partial charge in [-0.15, -0.1) is 0 Å². The number of esters is 1. The fourth-order valence-electron chi connectivity index (χ4n) is 3.40. The maximum Gasteiger partial charge on any atom is 0.354 e. The molecule has 0 spiro atoms. The summed E-state index contributed by atoms with van der Waals surface area (Å²) in [7, 11) is 1.31. The van der Waals surface area contributed by atoms with Gasteiger partial charge in [0.05, 0.1) is 13.2 Å². The van der Waals surface area contributed by atoms with Crippen LogP contribution in [0.5, 0.6) is 0 Å². The van der Waals surface area contributed by atoms with Crippen molar-refractivity contribution in [2.75, 3.05) is 13.7 Å². The maximum atomic E-state index is 13.1. The van der Waals surface area contributed by atoms with E-state index in [1.165, 1.54) is 7.11 Å². The molecule has 1 saturated carbocycles. The molecule has 138 valence electrons. The van der Waals surface area contributed by atoms with Crippen molar-refractivity contribution in [1.29, 1.82) is 0 Å². The van der Waals surface area contributed by atoms with Crippen LogP contribution in [-0.2, 0) is 9.53 Å². The molecule has 0 aromatic carbocycles. The summed E-state index contributed by atoms with van der Waals surface area (Å²) in [6.45, 7) is 7.83. The number of carbonyl (C=O) groups excluding carboxylic acids is 3. The summed E-state index contributed by atoms with van der Waals surface area (Å²) < 4.78 is 4.76. The molecule has 1 fully saturated rings. The number of ether oxygens (including phenoxy) is 1. The number of Topliss-reactive ketones (excluding diaryl/α,β-unsaturated/α-hetero) is 1. The molecule has 1 unspecified atom stereocenters. The monoisotopic (exact) mass is 348 g/mol. The van der Waals surface area contributed by atoms with Gasteiger partial charge >= 0.3 is 5.97 Å². The van der Waals surface area contributed by atoms with Crippen LogP contribution in [0, 0.1) is 19.8 Å². The third-order valence-corrected chi connectivity index (χ3v) is 5.12. The van der Waals surface area contributed by atoms with E-state index in [4.69, 9.17) is 4.74 Å². The average Bonchev–Trinajstić information content (AvgIpc) is 2.83. The molecule has 1 N–H and O–H groups in total. The Bertz CT molecular complexity index is 673. The molecule has 6 heteroatoms. The number of H-pyrrole nitrogens is 1. The van der Waals surface area contributed by atoms with Crippen LogP contribution in [0.1, 0.15) is 71.6 Å². The van der Waals surface area contributed by atoms with Crippen molar-refractivity contribution < 1.29 is 19.1 Å². The third kappa shape index (κ3) is 3.62. The van der Waals surface area contributed by atoms with Gasteiger partial charge in [0.15, 0.2) is 5.78 Å². The standard InChI is InChI=1S/C19H28N2O4/c1-6-10-21(18(23)14-8-7-9-14)13(4)17(22)15-11(2)16(19(24)25-5)20-12(15)3/h13-14,20H,6-10H2,1-5H3. The molecule has 1 aliphatic rings. The number of ketones is 1. The minimum atomic E-state index is -0.549. The average molecular weight is 348 g/mol. The lowest BCUT2D eigenvalue weighted by Gasteiger charge is -2.35. The van der Waals surface area contributed by atoms with E-state index in [-0.39, 0.29) is 17.6 Å². The second-order valence-electron chi connectivity index (χ2n) is 6.82. The number of aromatic amines is 1. The molecule has 25 heavy (non-hydrogen) atoms. The lowest BCUT2D eigenvalue weighted by Crippen LogP contribution is -2.47. The van der Waals surface area contributed by atoms with Crippen LogP contribution in [0.15, 0.2) is 0 Å². The van der Waals surface area contributed by atoms with E-state index in [1.807, 2.05) is 6.92 Å². The van der Waals surface area contributed by atoms with E-state index >= 15 is 0 Å². The van der Waals surface area contributed by atoms with Gasteiger partial charge < -0.3 is 14.6 Å². The van der Waals surface area contributed by atoms with E-state index in [9.17, 15) is 14.4 Å². The molecule has 6 nitrogen and oxygen atoms in total. The molecule has 0 radical (unpaired) electrons. The Balaban J connectivity index is 2.29. The van der Waals surface area contributed by atoms with Crippen molar-refractivity contribution in [1.82, 2.24) is 9.88 Å². The molecular formula is C19H28N2O4. The van der Waals surface area contributed by atoms with Crippen LogP contribution >= 0.6 is 0 Å². The van der Waals surface area contributed by atoms with Gasteiger partial charge in [0.2, 0.25) is 5.91 Å². The number of carbonyl (C=O) groups is 3. The second-order valence-corrected chi connectivity index (χ2v) is 6.82. The Labute approximate surface area is 148 Å². The van der Waals surface area contributed by atoms with Crippen molar-refractivity contribution in [2.45, 2.75) is 59.4 Å². The van der Waals surface area contributed by atoms with Crippen LogP contribution in [-0.4, -0.2) is 47.2 Å². The highest BCUT2D eigenvalue weighted by Gasteiger charge is 2.35. The number of methoxy groups -OCH3 is 1. The summed E-state index contributed by atoms with van der Waals surface area (Å²) in [5.74, 6) is -0.500. The molecule has 0 bridgehead atoms. The zero-order valence-corrected chi connectivity index (χ0v) is 15.8. The largest absolute Gasteiger partial charge is 0.464 e. The summed E-state index contributed by atoms with van der Waals surface area (Å²) in [5, 5.41) is 0. The van der Waals surface area contributed by atoms with Gasteiger partial charge in [-0.3, -0.25) is 9.59 Å². The van der Waals surface area contributed by atoms with Crippen LogP contribution in [0.4, 0.5) is 0 Å². The Morgan fingerprint density at radius 1 is 1.28 bits per heavy atom. The van der Waals surface area contributed by atoms with Crippen LogP contribution in [0.25, 0.3) is 0 Å².